The zero-order valence-corrected chi connectivity index (χ0v) is 51.7. The number of rotatable bonds is 20. The quantitative estimate of drug-likeness (QED) is 0.0409. The number of carbonyl (C=O) groups excluding carboxylic acids is 2. The summed E-state index contributed by atoms with van der Waals surface area (Å²) in [6.07, 6.45) is 4.86. The summed E-state index contributed by atoms with van der Waals surface area (Å²) >= 11 is 0. The topological polar surface area (TPSA) is 251 Å². The minimum absolute atomic E-state index is 0.0127. The van der Waals surface area contributed by atoms with Crippen LogP contribution in [0.4, 0.5) is 45.2 Å². The van der Waals surface area contributed by atoms with Gasteiger partial charge in [-0.15, -0.1) is 20.4 Å². The second-order valence-corrected chi connectivity index (χ2v) is 24.9. The number of aryl methyl sites for hydroxylation is 4. The van der Waals surface area contributed by atoms with Gasteiger partial charge in [0.05, 0.1) is 54.8 Å². The number of ether oxygens (including phenoxy) is 1. The summed E-state index contributed by atoms with van der Waals surface area (Å²) in [4.78, 5) is 57.5. The van der Waals surface area contributed by atoms with Gasteiger partial charge in [0.25, 0.3) is 23.9 Å². The van der Waals surface area contributed by atoms with Crippen LogP contribution in [0.15, 0.2) is 79.6 Å². The first-order valence-electron chi connectivity index (χ1n) is 30.7. The number of halogens is 5. The Morgan fingerprint density at radius 3 is 1.99 bits per heavy atom. The molecule has 1 saturated heterocycles. The number of carbonyl (C=O) groups is 2. The number of nitriles is 1. The lowest BCUT2D eigenvalue weighted by Crippen LogP contribution is -2.45. The number of hydrogen-bond donors (Lipinski definition) is 4. The Labute approximate surface area is 531 Å². The molecular formula is C66H66F5N18O4+. The molecule has 0 bridgehead atoms. The van der Waals surface area contributed by atoms with E-state index >= 15 is 22.0 Å². The molecule has 3 fully saturated rings. The normalized spacial score (nSPS) is 18.3. The average molecular weight is 1270 g/mol. The molecule has 8 aromatic rings. The van der Waals surface area contributed by atoms with Gasteiger partial charge < -0.3 is 34.9 Å². The summed E-state index contributed by atoms with van der Waals surface area (Å²) in [6.45, 7) is 5.04. The number of hydrogen-bond acceptors (Lipinski definition) is 17. The van der Waals surface area contributed by atoms with Crippen molar-refractivity contribution in [2.45, 2.75) is 109 Å². The molecule has 2 amide bonds. The van der Waals surface area contributed by atoms with Crippen molar-refractivity contribution in [1.29, 1.82) is 5.26 Å². The van der Waals surface area contributed by atoms with Crippen LogP contribution in [0.5, 0.6) is 0 Å². The monoisotopic (exact) mass is 1270 g/mol. The molecule has 2 aromatic carbocycles. The first-order chi connectivity index (χ1) is 44.7. The molecule has 4 N–H and O–H groups in total. The lowest BCUT2D eigenvalue weighted by Gasteiger charge is -2.36. The Hall–Kier alpha value is -9.67. The number of aliphatic hydroxyl groups excluding tert-OH is 1. The maximum atomic E-state index is 15.9. The lowest BCUT2D eigenvalue weighted by molar-refractivity contribution is -0.138. The fourth-order valence-corrected chi connectivity index (χ4v) is 13.1. The molecule has 6 aromatic heterocycles. The van der Waals surface area contributed by atoms with Crippen molar-refractivity contribution >= 4 is 35.1 Å². The summed E-state index contributed by atoms with van der Waals surface area (Å²) in [6, 6.07) is 20.0. The summed E-state index contributed by atoms with van der Waals surface area (Å²) in [5.74, 6) is -1.33. The highest BCUT2D eigenvalue weighted by molar-refractivity contribution is 6.11. The number of amides is 2. The van der Waals surface area contributed by atoms with Gasteiger partial charge in [0.2, 0.25) is 0 Å². The molecule has 93 heavy (non-hydrogen) atoms. The van der Waals surface area contributed by atoms with Gasteiger partial charge in [-0.3, -0.25) is 34.3 Å². The van der Waals surface area contributed by atoms with Crippen LogP contribution in [-0.2, 0) is 51.2 Å². The van der Waals surface area contributed by atoms with Gasteiger partial charge in [-0.1, -0.05) is 4.85 Å². The number of nitrogens with zero attached hydrogens (tertiary/aromatic N) is 15. The highest BCUT2D eigenvalue weighted by Crippen LogP contribution is 2.52. The highest BCUT2D eigenvalue weighted by Gasteiger charge is 2.58. The Bertz CT molecular complexity index is 4400. The van der Waals surface area contributed by atoms with E-state index in [1.807, 2.05) is 45.2 Å². The largest absolute Gasteiger partial charge is 0.416 e. The van der Waals surface area contributed by atoms with Gasteiger partial charge >= 0.3 is 6.18 Å². The molecule has 13 rings (SSSR count). The number of nitrogens with one attached hydrogen (secondary N) is 3. The third kappa shape index (κ3) is 12.2. The number of likely N-dealkylation sites (tertiary alicyclic amines) is 1. The molecule has 9 heterocycles. The van der Waals surface area contributed by atoms with E-state index in [9.17, 15) is 20.0 Å². The van der Waals surface area contributed by atoms with Gasteiger partial charge in [-0.05, 0) is 134 Å². The van der Waals surface area contributed by atoms with Crippen LogP contribution in [0.2, 0.25) is 0 Å². The molecule has 2 saturated carbocycles. The maximum Gasteiger partial charge on any atom is 0.416 e. The SMILES string of the molecule is COCCNCc1cc2c(c(F)c1F)CN(c1cc(-c3cc(C)ncc3-c3nncn3C)cc(NC3(CC#[N+]C4CCC45CCN(Cc4cc6c(c(C(F)(F)F)c4)CN(c4cc(-c7cc(C)ncc7-c7nncn7C)cc(NC[C@H](O)CC#N)n4)C6=O)C5)CC3)n1)C2=O. The van der Waals surface area contributed by atoms with E-state index in [1.54, 1.807) is 65.5 Å². The van der Waals surface area contributed by atoms with Crippen molar-refractivity contribution in [3.8, 4) is 57.2 Å². The number of aliphatic hydroxyl groups is 1. The van der Waals surface area contributed by atoms with Gasteiger partial charge in [0.15, 0.2) is 23.3 Å². The van der Waals surface area contributed by atoms with E-state index in [0.29, 0.717) is 94.9 Å². The minimum Gasteiger partial charge on any atom is -0.390 e. The first-order valence-corrected chi connectivity index (χ1v) is 30.7. The zero-order chi connectivity index (χ0) is 65.1. The molecule has 0 radical (unpaired) electrons. The number of anilines is 4. The molecule has 27 heteroatoms. The van der Waals surface area contributed by atoms with Gasteiger partial charge in [0, 0.05) is 118 Å². The molecule has 478 valence electrons. The average Bonchev–Trinajstić information content (AvgIpc) is 1.64. The number of benzene rings is 2. The van der Waals surface area contributed by atoms with Crippen LogP contribution >= 0.6 is 0 Å². The standard InChI is InChI=1S/C66H66F5N18O4/c1-37-18-44(48(29-75-37)60-83-78-35-85(60)3)40-23-54(77-28-43(90)7-13-72)80-56(25-40)88-32-50-46(62(88)91)20-39(21-52(50)66(69,70)71)31-87-16-12-64(34-87)8-6-53(64)74-14-11-65(9-10-65)82-55-24-41(45-19-38(2)76-30-49(45)61-84-79-36-86(61)4)26-57(81-55)89-33-51-47(63(89)92)22-42(58(67)59(51)68)27-73-15-17-93-5/h18-26,29-30,35-36,43,53,73,90H,6-12,15-17,27-28,31-34H2,1-5H3,(H,77,80)(H,81,82)/q+1/t43-,53?,64?/m1/s1. The summed E-state index contributed by atoms with van der Waals surface area (Å²) in [5.41, 5.74) is 3.68. The van der Waals surface area contributed by atoms with Gasteiger partial charge in [-0.25, -0.2) is 18.7 Å². The predicted octanol–water partition coefficient (Wildman–Crippen LogP) is 9.57. The fourth-order valence-electron chi connectivity index (χ4n) is 13.1. The van der Waals surface area contributed by atoms with Crippen LogP contribution in [0.1, 0.15) is 105 Å². The van der Waals surface area contributed by atoms with Crippen molar-refractivity contribution in [3.63, 3.8) is 0 Å². The second-order valence-electron chi connectivity index (χ2n) is 24.9. The van der Waals surface area contributed by atoms with Crippen molar-refractivity contribution in [2.75, 3.05) is 60.3 Å². The van der Waals surface area contributed by atoms with Gasteiger partial charge in [0.1, 0.15) is 42.3 Å². The summed E-state index contributed by atoms with van der Waals surface area (Å²) < 4.78 is 85.9. The Kier molecular flexibility index (Phi) is 16.5. The molecule has 5 aliphatic rings. The lowest BCUT2D eigenvalue weighted by atomic mass is 9.64. The third-order valence-corrected chi connectivity index (χ3v) is 18.4. The van der Waals surface area contributed by atoms with Crippen LogP contribution in [-0.4, -0.2) is 129 Å². The van der Waals surface area contributed by atoms with Crippen LogP contribution in [0.3, 0.4) is 0 Å². The molecule has 3 atom stereocenters. The summed E-state index contributed by atoms with van der Waals surface area (Å²) in [5, 5.41) is 46.2. The van der Waals surface area contributed by atoms with Gasteiger partial charge in [-0.2, -0.15) is 18.4 Å². The number of pyridine rings is 4. The fraction of sp³-hybridized carbons (Fsp3) is 0.394. The number of methoxy groups -OCH3 is 1. The van der Waals surface area contributed by atoms with Crippen molar-refractivity contribution in [1.82, 2.24) is 59.7 Å². The van der Waals surface area contributed by atoms with E-state index in [0.717, 1.165) is 43.7 Å². The van der Waals surface area contributed by atoms with Crippen molar-refractivity contribution in [3.05, 3.63) is 146 Å². The van der Waals surface area contributed by atoms with Crippen molar-refractivity contribution < 1.29 is 41.4 Å². The number of alkyl halides is 3. The zero-order valence-electron chi connectivity index (χ0n) is 51.7. The number of aromatic nitrogens is 10. The third-order valence-electron chi connectivity index (χ3n) is 18.4. The molecule has 3 aliphatic heterocycles. The van der Waals surface area contributed by atoms with Crippen LogP contribution in [0.25, 0.3) is 49.9 Å². The van der Waals surface area contributed by atoms with Crippen molar-refractivity contribution in [2.24, 2.45) is 19.5 Å². The predicted molar refractivity (Wildman–Crippen MR) is 334 cm³/mol. The first kappa shape index (κ1) is 62.2. The van der Waals surface area contributed by atoms with Crippen LogP contribution < -0.4 is 25.8 Å². The molecule has 2 aliphatic carbocycles. The Morgan fingerprint density at radius 1 is 0.785 bits per heavy atom. The Morgan fingerprint density at radius 2 is 1.41 bits per heavy atom. The van der Waals surface area contributed by atoms with E-state index in [4.69, 9.17) is 19.5 Å². The molecule has 2 unspecified atom stereocenters. The van der Waals surface area contributed by atoms with E-state index < -0.39 is 53.4 Å². The number of fused-ring (bicyclic) bond motifs is 2. The van der Waals surface area contributed by atoms with E-state index in [1.165, 1.54) is 23.0 Å². The smallest absolute Gasteiger partial charge is 0.390 e. The molecule has 1 spiro atoms. The Balaban J connectivity index is 0.732. The molecule has 22 nitrogen and oxygen atoms in total. The summed E-state index contributed by atoms with van der Waals surface area (Å²) in [7, 11) is 5.14. The maximum absolute atomic E-state index is 15.9. The van der Waals surface area contributed by atoms with Crippen LogP contribution in [0, 0.1) is 48.3 Å². The van der Waals surface area contributed by atoms with E-state index in [2.05, 4.69) is 57.3 Å². The highest BCUT2D eigenvalue weighted by atomic mass is 19.4. The van der Waals surface area contributed by atoms with E-state index in [-0.39, 0.29) is 89.3 Å². The molecular weight excluding hydrogens is 1200 g/mol. The second kappa shape index (κ2) is 24.8. The minimum atomic E-state index is -4.80.